The van der Waals surface area contributed by atoms with Gasteiger partial charge in [0.15, 0.2) is 0 Å². The van der Waals surface area contributed by atoms with Crippen molar-refractivity contribution in [3.63, 3.8) is 0 Å². The molecular formula is C19H23ClN2O. The average molecular weight is 331 g/mol. The van der Waals surface area contributed by atoms with Gasteiger partial charge in [-0.05, 0) is 35.6 Å². The Balaban J connectivity index is 2.02. The van der Waals surface area contributed by atoms with Crippen LogP contribution in [0.5, 0.6) is 0 Å². The van der Waals surface area contributed by atoms with E-state index in [9.17, 15) is 4.79 Å². The SMILES string of the molecule is CC(C)C(NC(=O)CCc1ccccc1N)c1ccccc1Cl. The van der Waals surface area contributed by atoms with Crippen LogP contribution in [0.3, 0.4) is 0 Å². The first kappa shape index (κ1) is 17.4. The Hall–Kier alpha value is -2.00. The highest BCUT2D eigenvalue weighted by Gasteiger charge is 2.20. The monoisotopic (exact) mass is 330 g/mol. The summed E-state index contributed by atoms with van der Waals surface area (Å²) < 4.78 is 0. The van der Waals surface area contributed by atoms with Crippen LogP contribution in [0.25, 0.3) is 0 Å². The van der Waals surface area contributed by atoms with E-state index in [1.54, 1.807) is 0 Å². The number of halogens is 1. The zero-order valence-corrected chi connectivity index (χ0v) is 14.3. The molecule has 0 fully saturated rings. The van der Waals surface area contributed by atoms with Crippen LogP contribution in [0.4, 0.5) is 5.69 Å². The van der Waals surface area contributed by atoms with Gasteiger partial charge in [-0.3, -0.25) is 4.79 Å². The molecule has 0 bridgehead atoms. The second kappa shape index (κ2) is 8.02. The van der Waals surface area contributed by atoms with E-state index in [2.05, 4.69) is 19.2 Å². The quantitative estimate of drug-likeness (QED) is 0.773. The number of nitrogens with two attached hydrogens (primary N) is 1. The Kier molecular flexibility index (Phi) is 6.05. The lowest BCUT2D eigenvalue weighted by Gasteiger charge is -2.24. The molecule has 3 nitrogen and oxygen atoms in total. The summed E-state index contributed by atoms with van der Waals surface area (Å²) in [6.07, 6.45) is 1.04. The van der Waals surface area contributed by atoms with Gasteiger partial charge in [0.05, 0.1) is 6.04 Å². The number of benzene rings is 2. The molecule has 2 rings (SSSR count). The summed E-state index contributed by atoms with van der Waals surface area (Å²) in [6.45, 7) is 4.15. The fourth-order valence-electron chi connectivity index (χ4n) is 2.59. The number of hydrogen-bond donors (Lipinski definition) is 2. The Morgan fingerprint density at radius 2 is 1.78 bits per heavy atom. The van der Waals surface area contributed by atoms with Gasteiger partial charge in [0.25, 0.3) is 0 Å². The molecule has 0 saturated heterocycles. The van der Waals surface area contributed by atoms with Crippen LogP contribution in [0.15, 0.2) is 48.5 Å². The summed E-state index contributed by atoms with van der Waals surface area (Å²) in [4.78, 5) is 12.3. The van der Waals surface area contributed by atoms with Crippen LogP contribution in [-0.2, 0) is 11.2 Å². The van der Waals surface area contributed by atoms with Crippen LogP contribution in [0.2, 0.25) is 5.02 Å². The maximum Gasteiger partial charge on any atom is 0.220 e. The normalized spacial score (nSPS) is 12.2. The Labute approximate surface area is 142 Å². The van der Waals surface area contributed by atoms with Crippen molar-refractivity contribution in [1.29, 1.82) is 0 Å². The number of carbonyl (C=O) groups is 1. The summed E-state index contributed by atoms with van der Waals surface area (Å²) in [5, 5.41) is 3.78. The zero-order valence-electron chi connectivity index (χ0n) is 13.6. The summed E-state index contributed by atoms with van der Waals surface area (Å²) in [7, 11) is 0. The molecule has 122 valence electrons. The van der Waals surface area contributed by atoms with E-state index in [0.29, 0.717) is 17.9 Å². The second-order valence-corrected chi connectivity index (χ2v) is 6.42. The molecule has 1 unspecified atom stereocenters. The first-order chi connectivity index (χ1) is 11.0. The molecule has 0 aromatic heterocycles. The summed E-state index contributed by atoms with van der Waals surface area (Å²) in [6, 6.07) is 15.2. The highest BCUT2D eigenvalue weighted by atomic mass is 35.5. The van der Waals surface area contributed by atoms with Crippen molar-refractivity contribution in [1.82, 2.24) is 5.32 Å². The van der Waals surface area contributed by atoms with E-state index in [4.69, 9.17) is 17.3 Å². The standard InChI is InChI=1S/C19H23ClN2O/c1-13(2)19(15-8-4-5-9-16(15)20)22-18(23)12-11-14-7-3-6-10-17(14)21/h3-10,13,19H,11-12,21H2,1-2H3,(H,22,23). The van der Waals surface area contributed by atoms with Crippen molar-refractivity contribution in [2.75, 3.05) is 5.73 Å². The van der Waals surface area contributed by atoms with Gasteiger partial charge in [0.2, 0.25) is 5.91 Å². The molecule has 2 aromatic carbocycles. The lowest BCUT2D eigenvalue weighted by molar-refractivity contribution is -0.122. The number of nitrogens with one attached hydrogen (secondary N) is 1. The predicted octanol–water partition coefficient (Wildman–Crippen LogP) is 4.37. The van der Waals surface area contributed by atoms with E-state index in [0.717, 1.165) is 16.8 Å². The average Bonchev–Trinajstić information content (AvgIpc) is 2.52. The third-order valence-electron chi connectivity index (χ3n) is 3.90. The number of para-hydroxylation sites is 1. The van der Waals surface area contributed by atoms with E-state index in [1.165, 1.54) is 0 Å². The van der Waals surface area contributed by atoms with E-state index < -0.39 is 0 Å². The molecule has 0 aliphatic heterocycles. The van der Waals surface area contributed by atoms with Gasteiger partial charge in [-0.1, -0.05) is 61.8 Å². The lowest BCUT2D eigenvalue weighted by Crippen LogP contribution is -2.32. The second-order valence-electron chi connectivity index (χ2n) is 6.01. The summed E-state index contributed by atoms with van der Waals surface area (Å²) >= 11 is 6.27. The smallest absolute Gasteiger partial charge is 0.220 e. The van der Waals surface area contributed by atoms with Crippen molar-refractivity contribution < 1.29 is 4.79 Å². The number of hydrogen-bond acceptors (Lipinski definition) is 2. The fraction of sp³-hybridized carbons (Fsp3) is 0.316. The van der Waals surface area contributed by atoms with Gasteiger partial charge in [0.1, 0.15) is 0 Å². The molecule has 3 N–H and O–H groups in total. The van der Waals surface area contributed by atoms with Crippen LogP contribution in [0.1, 0.15) is 37.4 Å². The number of anilines is 1. The van der Waals surface area contributed by atoms with Gasteiger partial charge >= 0.3 is 0 Å². The van der Waals surface area contributed by atoms with Gasteiger partial charge < -0.3 is 11.1 Å². The number of carbonyl (C=O) groups excluding carboxylic acids is 1. The first-order valence-corrected chi connectivity index (χ1v) is 8.24. The summed E-state index contributed by atoms with van der Waals surface area (Å²) in [5.41, 5.74) is 8.60. The van der Waals surface area contributed by atoms with E-state index >= 15 is 0 Å². The minimum Gasteiger partial charge on any atom is -0.399 e. The predicted molar refractivity (Wildman–Crippen MR) is 96.3 cm³/mol. The van der Waals surface area contributed by atoms with Crippen LogP contribution >= 0.6 is 11.6 Å². The van der Waals surface area contributed by atoms with Crippen LogP contribution in [-0.4, -0.2) is 5.91 Å². The molecule has 0 saturated carbocycles. The topological polar surface area (TPSA) is 55.1 Å². The molecule has 0 radical (unpaired) electrons. The Bertz CT molecular complexity index is 670. The fourth-order valence-corrected chi connectivity index (χ4v) is 2.84. The largest absolute Gasteiger partial charge is 0.399 e. The van der Waals surface area contributed by atoms with Crippen molar-refractivity contribution in [2.24, 2.45) is 5.92 Å². The number of nitrogen functional groups attached to an aromatic ring is 1. The molecule has 0 aliphatic rings. The van der Waals surface area contributed by atoms with Gasteiger partial charge in [-0.2, -0.15) is 0 Å². The zero-order chi connectivity index (χ0) is 16.8. The van der Waals surface area contributed by atoms with Gasteiger partial charge in [-0.15, -0.1) is 0 Å². The highest BCUT2D eigenvalue weighted by Crippen LogP contribution is 2.28. The maximum atomic E-state index is 12.3. The third-order valence-corrected chi connectivity index (χ3v) is 4.24. The van der Waals surface area contributed by atoms with Crippen LogP contribution in [0, 0.1) is 5.92 Å². The molecule has 1 amide bonds. The molecular weight excluding hydrogens is 308 g/mol. The third kappa shape index (κ3) is 4.73. The molecule has 0 heterocycles. The summed E-state index contributed by atoms with van der Waals surface area (Å²) in [5.74, 6) is 0.257. The van der Waals surface area contributed by atoms with Crippen LogP contribution < -0.4 is 11.1 Å². The highest BCUT2D eigenvalue weighted by molar-refractivity contribution is 6.31. The van der Waals surface area contributed by atoms with Gasteiger partial charge in [-0.25, -0.2) is 0 Å². The Morgan fingerprint density at radius 3 is 2.43 bits per heavy atom. The lowest BCUT2D eigenvalue weighted by atomic mass is 9.95. The molecule has 1 atom stereocenters. The number of aryl methyl sites for hydroxylation is 1. The molecule has 4 heteroatoms. The van der Waals surface area contributed by atoms with E-state index in [-0.39, 0.29) is 17.9 Å². The molecule has 2 aromatic rings. The maximum absolute atomic E-state index is 12.3. The Morgan fingerprint density at radius 1 is 1.13 bits per heavy atom. The van der Waals surface area contributed by atoms with Gasteiger partial charge in [0, 0.05) is 17.1 Å². The van der Waals surface area contributed by atoms with Crippen molar-refractivity contribution >= 4 is 23.2 Å². The molecule has 23 heavy (non-hydrogen) atoms. The minimum absolute atomic E-state index is 0.00636. The van der Waals surface area contributed by atoms with E-state index in [1.807, 2.05) is 48.5 Å². The first-order valence-electron chi connectivity index (χ1n) is 7.86. The van der Waals surface area contributed by atoms with Crippen molar-refractivity contribution in [3.8, 4) is 0 Å². The number of rotatable bonds is 6. The number of amides is 1. The molecule has 0 aliphatic carbocycles. The van der Waals surface area contributed by atoms with Crippen molar-refractivity contribution in [3.05, 3.63) is 64.7 Å². The molecule has 0 spiro atoms. The minimum atomic E-state index is -0.0932. The van der Waals surface area contributed by atoms with Crippen molar-refractivity contribution in [2.45, 2.75) is 32.7 Å².